The van der Waals surface area contributed by atoms with E-state index in [9.17, 15) is 0 Å². The van der Waals surface area contributed by atoms with Crippen LogP contribution in [0.15, 0.2) is 61.1 Å². The van der Waals surface area contributed by atoms with Gasteiger partial charge in [-0.15, -0.1) is 11.3 Å². The maximum Gasteiger partial charge on any atom is 0.257 e. The quantitative estimate of drug-likeness (QED) is 0.593. The van der Waals surface area contributed by atoms with Crippen molar-refractivity contribution >= 4 is 17.2 Å². The highest BCUT2D eigenvalue weighted by Gasteiger charge is 2.18. The zero-order chi connectivity index (χ0) is 17.9. The number of pyridine rings is 1. The van der Waals surface area contributed by atoms with Gasteiger partial charge in [0.2, 0.25) is 0 Å². The molecule has 7 heteroatoms. The summed E-state index contributed by atoms with van der Waals surface area (Å²) in [5, 5.41) is 0.907. The lowest BCUT2D eigenvalue weighted by molar-refractivity contribution is 0.399. The van der Waals surface area contributed by atoms with Gasteiger partial charge in [-0.3, -0.25) is 4.98 Å². The largest absolute Gasteiger partial charge is 0.478 e. The van der Waals surface area contributed by atoms with E-state index in [1.807, 2.05) is 42.5 Å². The first-order valence-electron chi connectivity index (χ1n) is 7.90. The Balaban J connectivity index is 1.91. The molecule has 0 fully saturated rings. The fourth-order valence-electron chi connectivity index (χ4n) is 2.54. The number of hydrogen-bond acceptors (Lipinski definition) is 7. The summed E-state index contributed by atoms with van der Waals surface area (Å²) in [5.74, 6) is 0.562. The van der Waals surface area contributed by atoms with Crippen molar-refractivity contribution in [2.75, 3.05) is 12.8 Å². The molecule has 4 rings (SSSR count). The number of benzene rings is 1. The maximum atomic E-state index is 5.80. The lowest BCUT2D eigenvalue weighted by Crippen LogP contribution is -1.99. The van der Waals surface area contributed by atoms with Crippen molar-refractivity contribution in [3.05, 3.63) is 61.1 Å². The van der Waals surface area contributed by atoms with Crippen LogP contribution in [-0.4, -0.2) is 27.0 Å². The summed E-state index contributed by atoms with van der Waals surface area (Å²) in [6.45, 7) is 0. The third-order valence-electron chi connectivity index (χ3n) is 3.79. The number of anilines is 1. The second kappa shape index (κ2) is 6.89. The highest BCUT2D eigenvalue weighted by atomic mass is 32.1. The molecule has 0 aliphatic heterocycles. The predicted molar refractivity (Wildman–Crippen MR) is 103 cm³/mol. The molecule has 0 amide bonds. The number of nitrogens with zero attached hydrogens (tertiary/aromatic N) is 4. The zero-order valence-corrected chi connectivity index (χ0v) is 14.8. The normalized spacial score (nSPS) is 10.7. The maximum absolute atomic E-state index is 5.80. The standard InChI is InChI=1S/C19H15N5OS/c1-25-18-17(20)22-11-14(23-18)16-15(12-7-9-21-10-8-12)24-19(26-16)13-5-3-2-4-6-13/h2-11H,1H3,(H2,20,22). The van der Waals surface area contributed by atoms with E-state index in [0.29, 0.717) is 11.6 Å². The number of ether oxygens (including phenoxy) is 1. The molecule has 2 N–H and O–H groups in total. The summed E-state index contributed by atoms with van der Waals surface area (Å²) in [7, 11) is 1.52. The monoisotopic (exact) mass is 361 g/mol. The van der Waals surface area contributed by atoms with Crippen LogP contribution in [-0.2, 0) is 0 Å². The van der Waals surface area contributed by atoms with Gasteiger partial charge in [0.05, 0.1) is 23.9 Å². The molecule has 0 aliphatic carbocycles. The van der Waals surface area contributed by atoms with Gasteiger partial charge in [-0.2, -0.15) is 0 Å². The minimum absolute atomic E-state index is 0.259. The van der Waals surface area contributed by atoms with Crippen LogP contribution < -0.4 is 10.5 Å². The van der Waals surface area contributed by atoms with E-state index < -0.39 is 0 Å². The molecule has 0 bridgehead atoms. The summed E-state index contributed by atoms with van der Waals surface area (Å²) in [4.78, 5) is 18.5. The number of thiazole rings is 1. The van der Waals surface area contributed by atoms with Crippen LogP contribution >= 0.6 is 11.3 Å². The van der Waals surface area contributed by atoms with Crippen LogP contribution in [0.2, 0.25) is 0 Å². The van der Waals surface area contributed by atoms with E-state index in [1.165, 1.54) is 7.11 Å². The highest BCUT2D eigenvalue weighted by Crippen LogP contribution is 2.40. The first kappa shape index (κ1) is 16.2. The number of nitrogens with two attached hydrogens (primary N) is 1. The SMILES string of the molecule is COc1nc(-c2sc(-c3ccccc3)nc2-c2ccncc2)cnc1N. The van der Waals surface area contributed by atoms with E-state index in [-0.39, 0.29) is 5.82 Å². The van der Waals surface area contributed by atoms with Gasteiger partial charge in [0.15, 0.2) is 5.82 Å². The molecule has 1 aromatic carbocycles. The summed E-state index contributed by atoms with van der Waals surface area (Å²) in [5.41, 5.74) is 9.32. The van der Waals surface area contributed by atoms with Gasteiger partial charge >= 0.3 is 0 Å². The minimum atomic E-state index is 0.259. The topological polar surface area (TPSA) is 86.8 Å². The Labute approximate surface area is 154 Å². The van der Waals surface area contributed by atoms with E-state index in [2.05, 4.69) is 15.0 Å². The summed E-state index contributed by atoms with van der Waals surface area (Å²) < 4.78 is 5.22. The molecular formula is C19H15N5OS. The zero-order valence-electron chi connectivity index (χ0n) is 14.0. The van der Waals surface area contributed by atoms with Gasteiger partial charge < -0.3 is 10.5 Å². The van der Waals surface area contributed by atoms with Crippen molar-refractivity contribution in [2.45, 2.75) is 0 Å². The van der Waals surface area contributed by atoms with Gasteiger partial charge in [-0.1, -0.05) is 30.3 Å². The summed E-state index contributed by atoms with van der Waals surface area (Å²) in [6.07, 6.45) is 5.14. The molecule has 4 aromatic rings. The average Bonchev–Trinajstić information content (AvgIpc) is 3.15. The molecule has 0 atom stereocenters. The fraction of sp³-hybridized carbons (Fsp3) is 0.0526. The van der Waals surface area contributed by atoms with Gasteiger partial charge in [-0.05, 0) is 12.1 Å². The van der Waals surface area contributed by atoms with Crippen molar-refractivity contribution < 1.29 is 4.74 Å². The Hall–Kier alpha value is -3.32. The second-order valence-corrected chi connectivity index (χ2v) is 6.45. The van der Waals surface area contributed by atoms with Crippen LogP contribution in [0.25, 0.3) is 32.4 Å². The van der Waals surface area contributed by atoms with Gasteiger partial charge in [0.25, 0.3) is 5.88 Å². The second-order valence-electron chi connectivity index (χ2n) is 5.45. The molecule has 128 valence electrons. The highest BCUT2D eigenvalue weighted by molar-refractivity contribution is 7.18. The number of nitrogen functional groups attached to an aromatic ring is 1. The minimum Gasteiger partial charge on any atom is -0.478 e. The third-order valence-corrected chi connectivity index (χ3v) is 4.92. The Morgan fingerprint density at radius 1 is 0.962 bits per heavy atom. The average molecular weight is 361 g/mol. The van der Waals surface area contributed by atoms with Gasteiger partial charge in [0, 0.05) is 23.5 Å². The van der Waals surface area contributed by atoms with Gasteiger partial charge in [0.1, 0.15) is 10.7 Å². The Kier molecular flexibility index (Phi) is 4.28. The molecule has 0 radical (unpaired) electrons. The van der Waals surface area contributed by atoms with Crippen LogP contribution in [0, 0.1) is 0 Å². The van der Waals surface area contributed by atoms with E-state index >= 15 is 0 Å². The molecule has 0 saturated carbocycles. The van der Waals surface area contributed by atoms with Crippen LogP contribution in [0.1, 0.15) is 0 Å². The van der Waals surface area contributed by atoms with E-state index in [0.717, 1.165) is 26.7 Å². The molecule has 3 aromatic heterocycles. The smallest absolute Gasteiger partial charge is 0.257 e. The first-order chi connectivity index (χ1) is 12.8. The molecule has 26 heavy (non-hydrogen) atoms. The van der Waals surface area contributed by atoms with Crippen LogP contribution in [0.3, 0.4) is 0 Å². The molecule has 3 heterocycles. The summed E-state index contributed by atoms with van der Waals surface area (Å²) in [6, 6.07) is 13.9. The fourth-order valence-corrected chi connectivity index (χ4v) is 3.59. The summed E-state index contributed by atoms with van der Waals surface area (Å²) >= 11 is 1.56. The molecule has 0 spiro atoms. The Morgan fingerprint density at radius 2 is 1.73 bits per heavy atom. The number of rotatable bonds is 4. The molecule has 0 saturated heterocycles. The van der Waals surface area contributed by atoms with Crippen molar-refractivity contribution in [3.8, 4) is 38.3 Å². The van der Waals surface area contributed by atoms with Gasteiger partial charge in [-0.25, -0.2) is 15.0 Å². The van der Waals surface area contributed by atoms with E-state index in [4.69, 9.17) is 15.5 Å². The predicted octanol–water partition coefficient (Wildman–Crippen LogP) is 3.92. The molecular weight excluding hydrogens is 346 g/mol. The van der Waals surface area contributed by atoms with Crippen molar-refractivity contribution in [1.29, 1.82) is 0 Å². The Bertz CT molecular complexity index is 1030. The molecule has 6 nitrogen and oxygen atoms in total. The number of hydrogen-bond donors (Lipinski definition) is 1. The number of methoxy groups -OCH3 is 1. The van der Waals surface area contributed by atoms with Crippen molar-refractivity contribution in [1.82, 2.24) is 19.9 Å². The first-order valence-corrected chi connectivity index (χ1v) is 8.71. The third kappa shape index (κ3) is 3.00. The molecule has 0 unspecified atom stereocenters. The van der Waals surface area contributed by atoms with Crippen molar-refractivity contribution in [2.24, 2.45) is 0 Å². The van der Waals surface area contributed by atoms with Crippen LogP contribution in [0.4, 0.5) is 5.82 Å². The van der Waals surface area contributed by atoms with Crippen molar-refractivity contribution in [3.63, 3.8) is 0 Å². The number of aromatic nitrogens is 4. The lowest BCUT2D eigenvalue weighted by Gasteiger charge is -2.05. The van der Waals surface area contributed by atoms with Crippen LogP contribution in [0.5, 0.6) is 5.88 Å². The van der Waals surface area contributed by atoms with E-state index in [1.54, 1.807) is 29.9 Å². The molecule has 0 aliphatic rings. The Morgan fingerprint density at radius 3 is 2.46 bits per heavy atom. The lowest BCUT2D eigenvalue weighted by atomic mass is 10.1.